The first-order valence-corrected chi connectivity index (χ1v) is 4.09. The molecule has 68 valence electrons. The van der Waals surface area contributed by atoms with Gasteiger partial charge in [-0.25, -0.2) is 0 Å². The van der Waals surface area contributed by atoms with Crippen LogP contribution in [-0.4, -0.2) is 63.6 Å². The molecule has 0 saturated carbocycles. The van der Waals surface area contributed by atoms with Crippen LogP contribution in [0.5, 0.6) is 0 Å². The van der Waals surface area contributed by atoms with Crippen molar-refractivity contribution in [2.45, 2.75) is 45.8 Å². The third-order valence-electron chi connectivity index (χ3n) is 1.41. The van der Waals surface area contributed by atoms with Gasteiger partial charge in [-0.1, -0.05) is 19.8 Å². The van der Waals surface area contributed by atoms with E-state index >= 15 is 0 Å². The maximum atomic E-state index is 10.4. The van der Waals surface area contributed by atoms with Crippen molar-refractivity contribution in [1.29, 1.82) is 0 Å². The van der Waals surface area contributed by atoms with Crippen LogP contribution in [0.3, 0.4) is 0 Å². The molecule has 4 heteroatoms. The molecule has 0 aromatic rings. The summed E-state index contributed by atoms with van der Waals surface area (Å²) < 4.78 is 4.74. The second-order valence-corrected chi connectivity index (χ2v) is 2.64. The Hall–Kier alpha value is 1.07. The summed E-state index contributed by atoms with van der Waals surface area (Å²) in [4.78, 5) is 10.4. The van der Waals surface area contributed by atoms with E-state index in [0.717, 1.165) is 25.7 Å². The molecular formula is C8H18KNO2. The predicted molar refractivity (Wildman–Crippen MR) is 51.0 cm³/mol. The first-order valence-electron chi connectivity index (χ1n) is 4.09. The predicted octanol–water partition coefficient (Wildman–Crippen LogP) is 0.766. The third-order valence-corrected chi connectivity index (χ3v) is 1.41. The molecule has 2 N–H and O–H groups in total. The van der Waals surface area contributed by atoms with E-state index < -0.39 is 6.23 Å². The van der Waals surface area contributed by atoms with Crippen LogP contribution in [0.25, 0.3) is 0 Å². The van der Waals surface area contributed by atoms with Crippen molar-refractivity contribution < 1.29 is 9.53 Å². The zero-order valence-electron chi connectivity index (χ0n) is 7.30. The van der Waals surface area contributed by atoms with Crippen molar-refractivity contribution in [2.24, 2.45) is 5.73 Å². The summed E-state index contributed by atoms with van der Waals surface area (Å²) >= 11 is 0. The Morgan fingerprint density at radius 3 is 2.50 bits per heavy atom. The zero-order valence-corrected chi connectivity index (χ0v) is 7.30. The molecule has 0 saturated heterocycles. The van der Waals surface area contributed by atoms with E-state index in [1.165, 1.54) is 6.92 Å². The Morgan fingerprint density at radius 2 is 2.08 bits per heavy atom. The van der Waals surface area contributed by atoms with Gasteiger partial charge in [0.2, 0.25) is 0 Å². The molecule has 0 amide bonds. The summed E-state index contributed by atoms with van der Waals surface area (Å²) in [5.41, 5.74) is 5.47. The molecule has 0 aliphatic rings. The fourth-order valence-electron chi connectivity index (χ4n) is 0.868. The summed E-state index contributed by atoms with van der Waals surface area (Å²) in [5, 5.41) is 0. The normalized spacial score (nSPS) is 11.6. The number of unbranched alkanes of at least 4 members (excludes halogenated alkanes) is 2. The van der Waals surface area contributed by atoms with Crippen LogP contribution in [-0.2, 0) is 9.53 Å². The molecule has 0 fully saturated rings. The third kappa shape index (κ3) is 11.1. The van der Waals surface area contributed by atoms with Crippen molar-refractivity contribution in [1.82, 2.24) is 0 Å². The molecule has 1 atom stereocenters. The molecule has 0 aliphatic heterocycles. The summed E-state index contributed by atoms with van der Waals surface area (Å²) in [7, 11) is 0. The van der Waals surface area contributed by atoms with Crippen molar-refractivity contribution in [3.8, 4) is 0 Å². The number of nitrogens with two attached hydrogens (primary N) is 1. The first-order chi connectivity index (χ1) is 5.16. The van der Waals surface area contributed by atoms with Crippen molar-refractivity contribution in [3.63, 3.8) is 0 Å². The molecule has 3 nitrogen and oxygen atoms in total. The van der Waals surface area contributed by atoms with Gasteiger partial charge in [0.1, 0.15) is 0 Å². The monoisotopic (exact) mass is 199 g/mol. The van der Waals surface area contributed by atoms with Gasteiger partial charge in [-0.15, -0.1) is 0 Å². The van der Waals surface area contributed by atoms with Gasteiger partial charge >= 0.3 is 57.4 Å². The van der Waals surface area contributed by atoms with Crippen LogP contribution in [0.4, 0.5) is 0 Å². The second kappa shape index (κ2) is 10.1. The van der Waals surface area contributed by atoms with E-state index in [4.69, 9.17) is 10.5 Å². The molecule has 0 aliphatic carbocycles. The van der Waals surface area contributed by atoms with Crippen LogP contribution < -0.4 is 5.73 Å². The summed E-state index contributed by atoms with van der Waals surface area (Å²) in [6.07, 6.45) is 3.71. The second-order valence-electron chi connectivity index (χ2n) is 2.64. The molecule has 0 heterocycles. The average Bonchev–Trinajstić information content (AvgIpc) is 1.86. The molecule has 0 aromatic carbocycles. The standard InChI is InChI=1S/C8H17NO2.K.H/c1-3-4-5-6-8(9)11-7(2)10;;/h8H,3-6,9H2,1-2H3;;. The van der Waals surface area contributed by atoms with E-state index in [9.17, 15) is 4.79 Å². The first kappa shape index (κ1) is 15.5. The van der Waals surface area contributed by atoms with E-state index in [2.05, 4.69) is 6.92 Å². The quantitative estimate of drug-likeness (QED) is 0.308. The van der Waals surface area contributed by atoms with Crippen LogP contribution in [0.2, 0.25) is 0 Å². The van der Waals surface area contributed by atoms with Gasteiger partial charge in [-0.2, -0.15) is 0 Å². The van der Waals surface area contributed by atoms with Crippen LogP contribution >= 0.6 is 0 Å². The Bertz CT molecular complexity index is 120. The minimum atomic E-state index is -0.404. The van der Waals surface area contributed by atoms with Gasteiger partial charge in [0.05, 0.1) is 0 Å². The fraction of sp³-hybridized carbons (Fsp3) is 0.875. The Balaban J connectivity index is 0. The van der Waals surface area contributed by atoms with E-state index in [0.29, 0.717) is 0 Å². The number of rotatable bonds is 5. The molecule has 0 aromatic heterocycles. The summed E-state index contributed by atoms with van der Waals surface area (Å²) in [6, 6.07) is 0. The van der Waals surface area contributed by atoms with Gasteiger partial charge in [-0.05, 0) is 12.8 Å². The maximum absolute atomic E-state index is 10.4. The number of hydrogen-bond acceptors (Lipinski definition) is 3. The number of esters is 1. The van der Waals surface area contributed by atoms with E-state index in [1.807, 2.05) is 0 Å². The Kier molecular flexibility index (Phi) is 13.1. The summed E-state index contributed by atoms with van der Waals surface area (Å²) in [5.74, 6) is -0.297. The van der Waals surface area contributed by atoms with Gasteiger partial charge in [0.25, 0.3) is 0 Å². The molecule has 0 bridgehead atoms. The number of ether oxygens (including phenoxy) is 1. The van der Waals surface area contributed by atoms with Crippen molar-refractivity contribution in [3.05, 3.63) is 0 Å². The number of hydrogen-bond donors (Lipinski definition) is 1. The SMILES string of the molecule is CCCCCC(N)OC(C)=O.[KH]. The molecule has 0 rings (SSSR count). The minimum absolute atomic E-state index is 0. The molecule has 0 spiro atoms. The van der Waals surface area contributed by atoms with Crippen molar-refractivity contribution in [2.75, 3.05) is 0 Å². The van der Waals surface area contributed by atoms with Crippen LogP contribution in [0.1, 0.15) is 39.5 Å². The van der Waals surface area contributed by atoms with Gasteiger partial charge in [0, 0.05) is 6.92 Å². The van der Waals surface area contributed by atoms with Crippen LogP contribution in [0.15, 0.2) is 0 Å². The Labute approximate surface area is 117 Å². The number of carbonyl (C=O) groups excluding carboxylic acids is 1. The van der Waals surface area contributed by atoms with E-state index in [1.54, 1.807) is 0 Å². The van der Waals surface area contributed by atoms with Gasteiger partial charge in [0.15, 0.2) is 6.23 Å². The molecule has 12 heavy (non-hydrogen) atoms. The van der Waals surface area contributed by atoms with E-state index in [-0.39, 0.29) is 57.4 Å². The Morgan fingerprint density at radius 1 is 1.50 bits per heavy atom. The topological polar surface area (TPSA) is 52.3 Å². The zero-order chi connectivity index (χ0) is 8.69. The molecule has 0 radical (unpaired) electrons. The van der Waals surface area contributed by atoms with Crippen molar-refractivity contribution >= 4 is 57.4 Å². The van der Waals surface area contributed by atoms with Gasteiger partial charge in [-0.3, -0.25) is 10.5 Å². The van der Waals surface area contributed by atoms with Gasteiger partial charge < -0.3 is 4.74 Å². The fourth-order valence-corrected chi connectivity index (χ4v) is 0.868. The summed E-state index contributed by atoms with van der Waals surface area (Å²) in [6.45, 7) is 3.50. The molecule has 1 unspecified atom stereocenters. The number of carbonyl (C=O) groups is 1. The molecular weight excluding hydrogens is 181 g/mol. The average molecular weight is 199 g/mol. The van der Waals surface area contributed by atoms with Crippen LogP contribution in [0, 0.1) is 0 Å².